The second-order valence-corrected chi connectivity index (χ2v) is 6.55. The van der Waals surface area contributed by atoms with Crippen molar-refractivity contribution < 1.29 is 14.0 Å². The predicted octanol–water partition coefficient (Wildman–Crippen LogP) is 4.56. The number of anilines is 3. The van der Waals surface area contributed by atoms with Gasteiger partial charge < -0.3 is 10.6 Å². The summed E-state index contributed by atoms with van der Waals surface area (Å²) in [6.45, 7) is 1.45. The number of para-hydroxylation sites is 1. The summed E-state index contributed by atoms with van der Waals surface area (Å²) in [4.78, 5) is 26.1. The van der Waals surface area contributed by atoms with Gasteiger partial charge in [-0.25, -0.2) is 4.39 Å². The molecule has 0 saturated carbocycles. The highest BCUT2D eigenvalue weighted by Crippen LogP contribution is 2.36. The van der Waals surface area contributed by atoms with E-state index in [1.54, 1.807) is 35.2 Å². The SMILES string of the molecule is CC(=O)Nc1ccc([C@@H]2Nc3ccccc3C(=O)N2c2ccc(F)cc2)cc1. The highest BCUT2D eigenvalue weighted by atomic mass is 19.1. The minimum atomic E-state index is -0.473. The first-order valence-electron chi connectivity index (χ1n) is 8.85. The van der Waals surface area contributed by atoms with Crippen LogP contribution in [0.3, 0.4) is 0 Å². The number of amides is 2. The standard InChI is InChI=1S/C22H18FN3O2/c1-14(27)24-17-10-6-15(7-11-17)21-25-20-5-3-2-4-19(20)22(28)26(21)18-12-8-16(23)9-13-18/h2-13,21,25H,1H3,(H,24,27)/t21-/m1/s1. The fourth-order valence-corrected chi connectivity index (χ4v) is 3.31. The van der Waals surface area contributed by atoms with E-state index in [1.165, 1.54) is 19.1 Å². The van der Waals surface area contributed by atoms with Crippen molar-refractivity contribution in [1.29, 1.82) is 0 Å². The number of halogens is 1. The van der Waals surface area contributed by atoms with Crippen molar-refractivity contribution in [3.8, 4) is 0 Å². The quantitative estimate of drug-likeness (QED) is 0.706. The monoisotopic (exact) mass is 375 g/mol. The minimum Gasteiger partial charge on any atom is -0.360 e. The van der Waals surface area contributed by atoms with Gasteiger partial charge in [0.2, 0.25) is 5.91 Å². The number of hydrogen-bond acceptors (Lipinski definition) is 3. The first-order valence-corrected chi connectivity index (χ1v) is 8.85. The Morgan fingerprint density at radius 1 is 1.00 bits per heavy atom. The molecule has 0 bridgehead atoms. The fraction of sp³-hybridized carbons (Fsp3) is 0.0909. The molecule has 4 rings (SSSR count). The number of carbonyl (C=O) groups is 2. The number of carbonyl (C=O) groups excluding carboxylic acids is 2. The average Bonchev–Trinajstić information content (AvgIpc) is 2.69. The minimum absolute atomic E-state index is 0.152. The highest BCUT2D eigenvalue weighted by molar-refractivity contribution is 6.12. The van der Waals surface area contributed by atoms with Crippen molar-refractivity contribution >= 4 is 28.9 Å². The van der Waals surface area contributed by atoms with E-state index in [2.05, 4.69) is 10.6 Å². The average molecular weight is 375 g/mol. The van der Waals surface area contributed by atoms with Crippen LogP contribution < -0.4 is 15.5 Å². The molecule has 0 fully saturated rings. The smallest absolute Gasteiger partial charge is 0.262 e. The molecule has 6 heteroatoms. The van der Waals surface area contributed by atoms with Crippen molar-refractivity contribution in [3.63, 3.8) is 0 Å². The summed E-state index contributed by atoms with van der Waals surface area (Å²) >= 11 is 0. The van der Waals surface area contributed by atoms with Gasteiger partial charge in [0.15, 0.2) is 0 Å². The molecule has 140 valence electrons. The zero-order valence-electron chi connectivity index (χ0n) is 15.1. The first-order chi connectivity index (χ1) is 13.5. The Morgan fingerprint density at radius 3 is 2.36 bits per heavy atom. The van der Waals surface area contributed by atoms with Crippen LogP contribution in [0.2, 0.25) is 0 Å². The van der Waals surface area contributed by atoms with E-state index in [9.17, 15) is 14.0 Å². The lowest BCUT2D eigenvalue weighted by molar-refractivity contribution is -0.114. The van der Waals surface area contributed by atoms with Gasteiger partial charge in [-0.2, -0.15) is 0 Å². The largest absolute Gasteiger partial charge is 0.360 e. The lowest BCUT2D eigenvalue weighted by Crippen LogP contribution is -2.43. The van der Waals surface area contributed by atoms with E-state index >= 15 is 0 Å². The molecule has 2 amide bonds. The van der Waals surface area contributed by atoms with Crippen molar-refractivity contribution in [3.05, 3.63) is 89.7 Å². The van der Waals surface area contributed by atoms with Crippen molar-refractivity contribution in [2.45, 2.75) is 13.1 Å². The molecule has 3 aromatic rings. The molecule has 5 nitrogen and oxygen atoms in total. The molecule has 0 aromatic heterocycles. The van der Waals surface area contributed by atoms with Crippen LogP contribution >= 0.6 is 0 Å². The molecule has 0 spiro atoms. The number of fused-ring (bicyclic) bond motifs is 1. The van der Waals surface area contributed by atoms with Crippen LogP contribution in [0.5, 0.6) is 0 Å². The van der Waals surface area contributed by atoms with E-state index < -0.39 is 6.17 Å². The molecule has 1 aliphatic rings. The number of benzene rings is 3. The normalized spacial score (nSPS) is 15.6. The summed E-state index contributed by atoms with van der Waals surface area (Å²) in [5.41, 5.74) is 3.39. The number of nitrogens with zero attached hydrogens (tertiary/aromatic N) is 1. The fourth-order valence-electron chi connectivity index (χ4n) is 3.31. The Kier molecular flexibility index (Phi) is 4.53. The summed E-state index contributed by atoms with van der Waals surface area (Å²) in [6, 6.07) is 20.4. The number of nitrogens with one attached hydrogen (secondary N) is 2. The summed E-state index contributed by atoms with van der Waals surface area (Å²) < 4.78 is 13.4. The molecule has 0 radical (unpaired) electrons. The predicted molar refractivity (Wildman–Crippen MR) is 107 cm³/mol. The van der Waals surface area contributed by atoms with Crippen LogP contribution in [0.25, 0.3) is 0 Å². The van der Waals surface area contributed by atoms with Gasteiger partial charge in [-0.15, -0.1) is 0 Å². The van der Waals surface area contributed by atoms with Gasteiger partial charge in [0.05, 0.1) is 5.56 Å². The zero-order valence-corrected chi connectivity index (χ0v) is 15.1. The molecule has 28 heavy (non-hydrogen) atoms. The van der Waals surface area contributed by atoms with E-state index in [1.807, 2.05) is 30.3 Å². The Balaban J connectivity index is 1.77. The van der Waals surface area contributed by atoms with E-state index in [0.29, 0.717) is 16.9 Å². The van der Waals surface area contributed by atoms with Gasteiger partial charge in [0, 0.05) is 24.0 Å². The third-order valence-electron chi connectivity index (χ3n) is 4.58. The van der Waals surface area contributed by atoms with Crippen LogP contribution in [0.15, 0.2) is 72.8 Å². The molecule has 1 heterocycles. The van der Waals surface area contributed by atoms with Gasteiger partial charge in [-0.05, 0) is 54.1 Å². The molecule has 3 aromatic carbocycles. The van der Waals surface area contributed by atoms with Crippen molar-refractivity contribution in [2.24, 2.45) is 0 Å². The van der Waals surface area contributed by atoms with Gasteiger partial charge >= 0.3 is 0 Å². The van der Waals surface area contributed by atoms with Crippen molar-refractivity contribution in [2.75, 3.05) is 15.5 Å². The summed E-state index contributed by atoms with van der Waals surface area (Å²) in [5.74, 6) is -0.685. The molecule has 1 atom stereocenters. The topological polar surface area (TPSA) is 61.4 Å². The third-order valence-corrected chi connectivity index (χ3v) is 4.58. The third kappa shape index (κ3) is 3.32. The Hall–Kier alpha value is -3.67. The van der Waals surface area contributed by atoms with Crippen LogP contribution in [0.4, 0.5) is 21.5 Å². The van der Waals surface area contributed by atoms with Crippen LogP contribution in [-0.2, 0) is 4.79 Å². The van der Waals surface area contributed by atoms with E-state index in [-0.39, 0.29) is 17.6 Å². The highest BCUT2D eigenvalue weighted by Gasteiger charge is 2.33. The van der Waals surface area contributed by atoms with Gasteiger partial charge in [-0.1, -0.05) is 24.3 Å². The molecule has 2 N–H and O–H groups in total. The summed E-state index contributed by atoms with van der Waals surface area (Å²) in [7, 11) is 0. The Bertz CT molecular complexity index is 1030. The molecular formula is C22H18FN3O2. The first kappa shape index (κ1) is 17.7. The molecule has 0 aliphatic carbocycles. The second-order valence-electron chi connectivity index (χ2n) is 6.55. The molecule has 0 saturated heterocycles. The van der Waals surface area contributed by atoms with Crippen LogP contribution in [-0.4, -0.2) is 11.8 Å². The van der Waals surface area contributed by atoms with Gasteiger partial charge in [-0.3, -0.25) is 14.5 Å². The maximum Gasteiger partial charge on any atom is 0.262 e. The van der Waals surface area contributed by atoms with Gasteiger partial charge in [0.1, 0.15) is 12.0 Å². The molecule has 1 aliphatic heterocycles. The zero-order chi connectivity index (χ0) is 19.7. The lowest BCUT2D eigenvalue weighted by Gasteiger charge is -2.38. The van der Waals surface area contributed by atoms with Crippen LogP contribution in [0, 0.1) is 5.82 Å². The summed E-state index contributed by atoms with van der Waals surface area (Å²) in [6.07, 6.45) is -0.473. The van der Waals surface area contributed by atoms with E-state index in [0.717, 1.165) is 11.3 Å². The maximum absolute atomic E-state index is 13.4. The van der Waals surface area contributed by atoms with Crippen molar-refractivity contribution in [1.82, 2.24) is 0 Å². The number of hydrogen-bond donors (Lipinski definition) is 2. The van der Waals surface area contributed by atoms with Gasteiger partial charge in [0.25, 0.3) is 5.91 Å². The van der Waals surface area contributed by atoms with E-state index in [4.69, 9.17) is 0 Å². The van der Waals surface area contributed by atoms with Crippen LogP contribution in [0.1, 0.15) is 29.0 Å². The second kappa shape index (κ2) is 7.15. The molecular weight excluding hydrogens is 357 g/mol. The molecule has 0 unspecified atom stereocenters. The lowest BCUT2D eigenvalue weighted by atomic mass is 10.0. The maximum atomic E-state index is 13.4. The Labute approximate surface area is 161 Å². The Morgan fingerprint density at radius 2 is 1.68 bits per heavy atom. The number of rotatable bonds is 3. The summed E-state index contributed by atoms with van der Waals surface area (Å²) in [5, 5.41) is 6.12.